The second kappa shape index (κ2) is 14.4. The van der Waals surface area contributed by atoms with E-state index in [1.54, 1.807) is 11.8 Å². The molecule has 4 nitrogen and oxygen atoms in total. The largest absolute Gasteiger partial charge is 0.352 e. The second-order valence-electron chi connectivity index (χ2n) is 11.0. The summed E-state index contributed by atoms with van der Waals surface area (Å²) in [5.41, 5.74) is 6.97. The van der Waals surface area contributed by atoms with Gasteiger partial charge < -0.3 is 10.2 Å². The molecule has 3 aromatic carbocycles. The number of hydrogen-bond acceptors (Lipinski definition) is 3. The average Bonchev–Trinajstić information content (AvgIpc) is 2.92. The zero-order valence-corrected chi connectivity index (χ0v) is 24.4. The smallest absolute Gasteiger partial charge is 0.243 e. The number of aryl methyl sites for hydroxylation is 3. The van der Waals surface area contributed by atoms with Crippen molar-refractivity contribution in [1.82, 2.24) is 10.2 Å². The van der Waals surface area contributed by atoms with E-state index in [0.717, 1.165) is 48.1 Å². The fourth-order valence-corrected chi connectivity index (χ4v) is 6.41. The van der Waals surface area contributed by atoms with E-state index in [1.165, 1.54) is 23.1 Å². The first-order valence-corrected chi connectivity index (χ1v) is 15.4. The summed E-state index contributed by atoms with van der Waals surface area (Å²) >= 11 is 1.62. The van der Waals surface area contributed by atoms with Gasteiger partial charge in [0.25, 0.3) is 0 Å². The van der Waals surface area contributed by atoms with Gasteiger partial charge in [-0.05, 0) is 55.9 Å². The van der Waals surface area contributed by atoms with E-state index in [1.807, 2.05) is 47.4 Å². The highest BCUT2D eigenvalue weighted by atomic mass is 32.2. The molecule has 0 spiro atoms. The molecule has 1 unspecified atom stereocenters. The molecule has 3 aromatic rings. The third-order valence-electron chi connectivity index (χ3n) is 7.60. The SMILES string of the molecule is Cc1cc(C)cc(CSCC(=O)N(Cc2ccccc2C)C(Cc2ccccc2)C(=O)NC2CCCCC2)c1. The van der Waals surface area contributed by atoms with Crippen LogP contribution in [-0.4, -0.2) is 34.6 Å². The molecule has 0 radical (unpaired) electrons. The molecule has 1 fully saturated rings. The summed E-state index contributed by atoms with van der Waals surface area (Å²) < 4.78 is 0. The molecule has 0 bridgehead atoms. The number of amides is 2. The summed E-state index contributed by atoms with van der Waals surface area (Å²) in [7, 11) is 0. The maximum atomic E-state index is 13.9. The Morgan fingerprint density at radius 1 is 0.872 bits per heavy atom. The van der Waals surface area contributed by atoms with E-state index in [9.17, 15) is 9.59 Å². The third-order valence-corrected chi connectivity index (χ3v) is 8.59. The van der Waals surface area contributed by atoms with Gasteiger partial charge in [0.05, 0.1) is 5.75 Å². The van der Waals surface area contributed by atoms with Crippen molar-refractivity contribution < 1.29 is 9.59 Å². The van der Waals surface area contributed by atoms with Crippen LogP contribution in [0.4, 0.5) is 0 Å². The second-order valence-corrected chi connectivity index (χ2v) is 12.0. The number of hydrogen-bond donors (Lipinski definition) is 1. The Kier molecular flexibility index (Phi) is 10.7. The van der Waals surface area contributed by atoms with Crippen molar-refractivity contribution in [2.75, 3.05) is 5.75 Å². The Balaban J connectivity index is 1.57. The van der Waals surface area contributed by atoms with Crippen molar-refractivity contribution in [2.24, 2.45) is 0 Å². The van der Waals surface area contributed by atoms with Crippen molar-refractivity contribution in [3.05, 3.63) is 106 Å². The van der Waals surface area contributed by atoms with Crippen LogP contribution >= 0.6 is 11.8 Å². The zero-order chi connectivity index (χ0) is 27.6. The molecule has 0 saturated heterocycles. The lowest BCUT2D eigenvalue weighted by Crippen LogP contribution is -2.53. The van der Waals surface area contributed by atoms with E-state index >= 15 is 0 Å². The van der Waals surface area contributed by atoms with Crippen LogP contribution in [0.2, 0.25) is 0 Å². The summed E-state index contributed by atoms with van der Waals surface area (Å²) in [6, 6.07) is 24.4. The minimum Gasteiger partial charge on any atom is -0.352 e. The van der Waals surface area contributed by atoms with Crippen molar-refractivity contribution in [2.45, 2.75) is 83.7 Å². The first-order valence-electron chi connectivity index (χ1n) is 14.2. The average molecular weight is 543 g/mol. The van der Waals surface area contributed by atoms with E-state index in [-0.39, 0.29) is 17.9 Å². The molecule has 2 amide bonds. The van der Waals surface area contributed by atoms with Gasteiger partial charge in [-0.25, -0.2) is 0 Å². The molecular weight excluding hydrogens is 500 g/mol. The molecule has 1 N–H and O–H groups in total. The van der Waals surface area contributed by atoms with E-state index in [2.05, 4.69) is 56.4 Å². The van der Waals surface area contributed by atoms with Gasteiger partial charge in [0.15, 0.2) is 0 Å². The monoisotopic (exact) mass is 542 g/mol. The number of benzene rings is 3. The summed E-state index contributed by atoms with van der Waals surface area (Å²) in [6.07, 6.45) is 6.06. The molecule has 0 aliphatic heterocycles. The number of nitrogens with zero attached hydrogens (tertiary/aromatic N) is 1. The zero-order valence-electron chi connectivity index (χ0n) is 23.6. The van der Waals surface area contributed by atoms with Gasteiger partial charge in [0.2, 0.25) is 11.8 Å². The molecule has 1 atom stereocenters. The summed E-state index contributed by atoms with van der Waals surface area (Å²) in [6.45, 7) is 6.71. The molecule has 39 heavy (non-hydrogen) atoms. The molecule has 206 valence electrons. The van der Waals surface area contributed by atoms with Crippen LogP contribution in [0.1, 0.15) is 65.5 Å². The maximum Gasteiger partial charge on any atom is 0.243 e. The lowest BCUT2D eigenvalue weighted by Gasteiger charge is -2.34. The quantitative estimate of drug-likeness (QED) is 0.286. The van der Waals surface area contributed by atoms with Crippen LogP contribution in [0, 0.1) is 20.8 Å². The van der Waals surface area contributed by atoms with Crippen LogP contribution in [-0.2, 0) is 28.3 Å². The van der Waals surface area contributed by atoms with Crippen LogP contribution in [0.3, 0.4) is 0 Å². The lowest BCUT2D eigenvalue weighted by molar-refractivity contribution is -0.139. The molecule has 1 aliphatic carbocycles. The number of thioether (sulfide) groups is 1. The highest BCUT2D eigenvalue weighted by molar-refractivity contribution is 7.99. The predicted octanol–water partition coefficient (Wildman–Crippen LogP) is 6.93. The summed E-state index contributed by atoms with van der Waals surface area (Å²) in [4.78, 5) is 29.7. The molecule has 4 rings (SSSR count). The van der Waals surface area contributed by atoms with Crippen molar-refractivity contribution in [1.29, 1.82) is 0 Å². The van der Waals surface area contributed by atoms with Gasteiger partial charge in [0, 0.05) is 24.8 Å². The van der Waals surface area contributed by atoms with Gasteiger partial charge in [-0.2, -0.15) is 0 Å². The molecule has 0 aromatic heterocycles. The normalized spacial score (nSPS) is 14.5. The molecule has 5 heteroatoms. The fourth-order valence-electron chi connectivity index (χ4n) is 5.56. The number of carbonyl (C=O) groups is 2. The van der Waals surface area contributed by atoms with Crippen molar-refractivity contribution in [3.8, 4) is 0 Å². The Hall–Kier alpha value is -3.05. The highest BCUT2D eigenvalue weighted by Gasteiger charge is 2.32. The fraction of sp³-hybridized carbons (Fsp3) is 0.412. The minimum absolute atomic E-state index is 0.00681. The maximum absolute atomic E-state index is 13.9. The molecule has 0 heterocycles. The highest BCUT2D eigenvalue weighted by Crippen LogP contribution is 2.22. The van der Waals surface area contributed by atoms with Crippen molar-refractivity contribution >= 4 is 23.6 Å². The number of rotatable bonds is 11. The van der Waals surface area contributed by atoms with E-state index < -0.39 is 6.04 Å². The number of carbonyl (C=O) groups excluding carboxylic acids is 2. The van der Waals surface area contributed by atoms with Crippen LogP contribution in [0.5, 0.6) is 0 Å². The summed E-state index contributed by atoms with van der Waals surface area (Å²) in [5.74, 6) is 1.07. The Bertz CT molecular complexity index is 1220. The number of nitrogens with one attached hydrogen (secondary N) is 1. The minimum atomic E-state index is -0.566. The van der Waals surface area contributed by atoms with Crippen molar-refractivity contribution in [3.63, 3.8) is 0 Å². The first kappa shape index (κ1) is 28.9. The Labute approximate surface area is 238 Å². The van der Waals surface area contributed by atoms with Gasteiger partial charge in [-0.15, -0.1) is 11.8 Å². The Morgan fingerprint density at radius 3 is 2.23 bits per heavy atom. The molecule has 1 aliphatic rings. The topological polar surface area (TPSA) is 49.4 Å². The van der Waals surface area contributed by atoms with Crippen LogP contribution in [0.15, 0.2) is 72.8 Å². The predicted molar refractivity (Wildman–Crippen MR) is 163 cm³/mol. The van der Waals surface area contributed by atoms with Gasteiger partial charge in [-0.1, -0.05) is 103 Å². The standard InChI is InChI=1S/C34H42N2O2S/c1-25-18-26(2)20-29(19-25)23-39-24-33(37)36(22-30-15-11-10-12-27(30)3)32(21-28-13-6-4-7-14-28)34(38)35-31-16-8-5-9-17-31/h4,6-7,10-15,18-20,31-32H,5,8-9,16-17,21-24H2,1-3H3,(H,35,38). The molecule has 1 saturated carbocycles. The summed E-state index contributed by atoms with van der Waals surface area (Å²) in [5, 5.41) is 3.33. The Morgan fingerprint density at radius 2 is 1.54 bits per heavy atom. The van der Waals surface area contributed by atoms with Crippen LogP contribution in [0.25, 0.3) is 0 Å². The van der Waals surface area contributed by atoms with E-state index in [0.29, 0.717) is 18.7 Å². The van der Waals surface area contributed by atoms with Gasteiger partial charge in [-0.3, -0.25) is 9.59 Å². The van der Waals surface area contributed by atoms with E-state index in [4.69, 9.17) is 0 Å². The first-order chi connectivity index (χ1) is 18.9. The van der Waals surface area contributed by atoms with Gasteiger partial charge >= 0.3 is 0 Å². The van der Waals surface area contributed by atoms with Gasteiger partial charge in [0.1, 0.15) is 6.04 Å². The lowest BCUT2D eigenvalue weighted by atomic mass is 9.94. The third kappa shape index (κ3) is 8.72. The van der Waals surface area contributed by atoms with Crippen LogP contribution < -0.4 is 5.32 Å². The molecular formula is C34H42N2O2S.